The smallest absolute Gasteiger partial charge is 0.164 e. The lowest BCUT2D eigenvalue weighted by molar-refractivity contribution is 0.289. The zero-order valence-corrected chi connectivity index (χ0v) is 10.7. The van der Waals surface area contributed by atoms with E-state index in [1.807, 2.05) is 32.2 Å². The number of hydrogen-bond donors (Lipinski definition) is 0. The monoisotopic (exact) mass is 281 g/mol. The third-order valence-corrected chi connectivity index (χ3v) is 3.19. The molecule has 4 nitrogen and oxygen atoms in total. The molecule has 2 rings (SSSR count). The standard InChI is InChI=1S/C11H12BrN3O/c1-8-5-9(3-4-10(8)12)16-6-11-13-7-14-15(11)2/h3-5,7H,6H2,1-2H3. The van der Waals surface area contributed by atoms with Crippen molar-refractivity contribution < 1.29 is 4.74 Å². The fourth-order valence-electron chi connectivity index (χ4n) is 1.31. The topological polar surface area (TPSA) is 39.9 Å². The third-order valence-electron chi connectivity index (χ3n) is 2.30. The van der Waals surface area contributed by atoms with Crippen LogP contribution in [0.25, 0.3) is 0 Å². The first-order valence-electron chi connectivity index (χ1n) is 4.88. The van der Waals surface area contributed by atoms with Gasteiger partial charge in [0.15, 0.2) is 5.82 Å². The molecule has 0 amide bonds. The highest BCUT2D eigenvalue weighted by Crippen LogP contribution is 2.21. The van der Waals surface area contributed by atoms with Gasteiger partial charge in [0.1, 0.15) is 18.7 Å². The lowest BCUT2D eigenvalue weighted by Gasteiger charge is -2.07. The Morgan fingerprint density at radius 3 is 2.88 bits per heavy atom. The van der Waals surface area contributed by atoms with Crippen molar-refractivity contribution in [1.82, 2.24) is 14.8 Å². The maximum Gasteiger partial charge on any atom is 0.164 e. The fourth-order valence-corrected chi connectivity index (χ4v) is 1.55. The van der Waals surface area contributed by atoms with Crippen molar-refractivity contribution in [2.24, 2.45) is 7.05 Å². The molecular formula is C11H12BrN3O. The molecule has 16 heavy (non-hydrogen) atoms. The number of benzene rings is 1. The number of nitrogens with zero attached hydrogens (tertiary/aromatic N) is 3. The van der Waals surface area contributed by atoms with E-state index in [-0.39, 0.29) is 0 Å². The molecule has 2 aromatic rings. The molecule has 5 heteroatoms. The third kappa shape index (κ3) is 2.41. The molecule has 0 saturated heterocycles. The average Bonchev–Trinajstić information content (AvgIpc) is 2.66. The van der Waals surface area contributed by atoms with Crippen molar-refractivity contribution in [1.29, 1.82) is 0 Å². The van der Waals surface area contributed by atoms with Gasteiger partial charge in [-0.15, -0.1) is 0 Å². The van der Waals surface area contributed by atoms with Crippen LogP contribution < -0.4 is 4.74 Å². The highest BCUT2D eigenvalue weighted by atomic mass is 79.9. The molecule has 0 N–H and O–H groups in total. The van der Waals surface area contributed by atoms with E-state index < -0.39 is 0 Å². The van der Waals surface area contributed by atoms with E-state index in [0.717, 1.165) is 21.6 Å². The van der Waals surface area contributed by atoms with Crippen LogP contribution in [0.4, 0.5) is 0 Å². The van der Waals surface area contributed by atoms with Crippen molar-refractivity contribution in [3.63, 3.8) is 0 Å². The summed E-state index contributed by atoms with van der Waals surface area (Å²) >= 11 is 3.45. The van der Waals surface area contributed by atoms with Crippen LogP contribution in [0.15, 0.2) is 29.0 Å². The van der Waals surface area contributed by atoms with Crippen LogP contribution in [-0.4, -0.2) is 14.8 Å². The molecule has 0 radical (unpaired) electrons. The number of hydrogen-bond acceptors (Lipinski definition) is 3. The minimum Gasteiger partial charge on any atom is -0.486 e. The Kier molecular flexibility index (Phi) is 3.24. The van der Waals surface area contributed by atoms with Crippen LogP contribution in [0.3, 0.4) is 0 Å². The summed E-state index contributed by atoms with van der Waals surface area (Å²) in [6, 6.07) is 5.88. The van der Waals surface area contributed by atoms with E-state index in [1.54, 1.807) is 4.68 Å². The van der Waals surface area contributed by atoms with Crippen molar-refractivity contribution in [3.05, 3.63) is 40.4 Å². The molecule has 0 aliphatic rings. The predicted octanol–water partition coefficient (Wildman–Crippen LogP) is 2.47. The van der Waals surface area contributed by atoms with E-state index in [4.69, 9.17) is 4.74 Å². The van der Waals surface area contributed by atoms with E-state index >= 15 is 0 Å². The number of ether oxygens (including phenoxy) is 1. The Labute approximate surface area is 102 Å². The van der Waals surface area contributed by atoms with Crippen LogP contribution in [-0.2, 0) is 13.7 Å². The molecule has 84 valence electrons. The molecule has 1 aromatic carbocycles. The lowest BCUT2D eigenvalue weighted by Crippen LogP contribution is -2.04. The summed E-state index contributed by atoms with van der Waals surface area (Å²) in [5, 5.41) is 3.98. The van der Waals surface area contributed by atoms with Crippen molar-refractivity contribution >= 4 is 15.9 Å². The Balaban J connectivity index is 2.05. The molecule has 0 atom stereocenters. The van der Waals surface area contributed by atoms with Crippen molar-refractivity contribution in [3.8, 4) is 5.75 Å². The van der Waals surface area contributed by atoms with Gasteiger partial charge in [0.05, 0.1) is 0 Å². The van der Waals surface area contributed by atoms with Crippen molar-refractivity contribution in [2.75, 3.05) is 0 Å². The highest BCUT2D eigenvalue weighted by Gasteiger charge is 2.02. The summed E-state index contributed by atoms with van der Waals surface area (Å²) in [7, 11) is 1.85. The van der Waals surface area contributed by atoms with Crippen LogP contribution in [0.5, 0.6) is 5.75 Å². The Bertz CT molecular complexity index is 496. The molecule has 0 aliphatic heterocycles. The lowest BCUT2D eigenvalue weighted by atomic mass is 10.2. The van der Waals surface area contributed by atoms with Crippen LogP contribution in [0.1, 0.15) is 11.4 Å². The average molecular weight is 282 g/mol. The summed E-state index contributed by atoms with van der Waals surface area (Å²) in [4.78, 5) is 4.09. The second-order valence-corrected chi connectivity index (χ2v) is 4.35. The number of rotatable bonds is 3. The Hall–Kier alpha value is -1.36. The predicted molar refractivity (Wildman–Crippen MR) is 64.2 cm³/mol. The van der Waals surface area contributed by atoms with Gasteiger partial charge >= 0.3 is 0 Å². The maximum atomic E-state index is 5.62. The molecule has 0 saturated carbocycles. The van der Waals surface area contributed by atoms with Gasteiger partial charge in [-0.3, -0.25) is 4.68 Å². The quantitative estimate of drug-likeness (QED) is 0.868. The maximum absolute atomic E-state index is 5.62. The van der Waals surface area contributed by atoms with E-state index in [9.17, 15) is 0 Å². The van der Waals surface area contributed by atoms with Gasteiger partial charge in [-0.25, -0.2) is 4.98 Å². The normalized spacial score (nSPS) is 10.4. The van der Waals surface area contributed by atoms with Gasteiger partial charge in [0, 0.05) is 11.5 Å². The minimum atomic E-state index is 0.428. The molecule has 0 bridgehead atoms. The Morgan fingerprint density at radius 2 is 2.25 bits per heavy atom. The second kappa shape index (κ2) is 4.65. The minimum absolute atomic E-state index is 0.428. The molecule has 0 unspecified atom stereocenters. The highest BCUT2D eigenvalue weighted by molar-refractivity contribution is 9.10. The van der Waals surface area contributed by atoms with Gasteiger partial charge in [0.2, 0.25) is 0 Å². The fraction of sp³-hybridized carbons (Fsp3) is 0.273. The summed E-state index contributed by atoms with van der Waals surface area (Å²) in [5.41, 5.74) is 1.15. The van der Waals surface area contributed by atoms with Gasteiger partial charge < -0.3 is 4.74 Å². The SMILES string of the molecule is Cc1cc(OCc2ncnn2C)ccc1Br. The first kappa shape index (κ1) is 11.1. The molecule has 0 aliphatic carbocycles. The van der Waals surface area contributed by atoms with Gasteiger partial charge in [-0.1, -0.05) is 15.9 Å². The number of halogens is 1. The first-order chi connectivity index (χ1) is 7.66. The van der Waals surface area contributed by atoms with Gasteiger partial charge in [-0.2, -0.15) is 5.10 Å². The van der Waals surface area contributed by atoms with Gasteiger partial charge in [0.25, 0.3) is 0 Å². The van der Waals surface area contributed by atoms with Crippen LogP contribution >= 0.6 is 15.9 Å². The zero-order valence-electron chi connectivity index (χ0n) is 9.14. The molecule has 0 fully saturated rings. The summed E-state index contributed by atoms with van der Waals surface area (Å²) in [6.07, 6.45) is 1.52. The van der Waals surface area contributed by atoms with E-state index in [1.165, 1.54) is 6.33 Å². The Morgan fingerprint density at radius 1 is 1.44 bits per heavy atom. The van der Waals surface area contributed by atoms with Crippen LogP contribution in [0.2, 0.25) is 0 Å². The molecular weight excluding hydrogens is 270 g/mol. The summed E-state index contributed by atoms with van der Waals surface area (Å²) < 4.78 is 8.40. The molecule has 0 spiro atoms. The van der Waals surface area contributed by atoms with E-state index in [0.29, 0.717) is 6.61 Å². The summed E-state index contributed by atoms with van der Waals surface area (Å²) in [5.74, 6) is 1.64. The first-order valence-corrected chi connectivity index (χ1v) is 5.68. The van der Waals surface area contributed by atoms with Crippen LogP contribution in [0, 0.1) is 6.92 Å². The molecule has 1 aromatic heterocycles. The van der Waals surface area contributed by atoms with Crippen molar-refractivity contribution in [2.45, 2.75) is 13.5 Å². The summed E-state index contributed by atoms with van der Waals surface area (Å²) in [6.45, 7) is 2.46. The molecule has 1 heterocycles. The number of aryl methyl sites for hydroxylation is 2. The van der Waals surface area contributed by atoms with E-state index in [2.05, 4.69) is 26.0 Å². The largest absolute Gasteiger partial charge is 0.486 e. The number of aromatic nitrogens is 3. The van der Waals surface area contributed by atoms with Gasteiger partial charge in [-0.05, 0) is 30.7 Å². The second-order valence-electron chi connectivity index (χ2n) is 3.50. The zero-order chi connectivity index (χ0) is 11.5.